The van der Waals surface area contributed by atoms with Gasteiger partial charge in [-0.15, -0.1) is 0 Å². The maximum absolute atomic E-state index is 17.1. The molecule has 5 amide bonds. The predicted molar refractivity (Wildman–Crippen MR) is 246 cm³/mol. The predicted octanol–water partition coefficient (Wildman–Crippen LogP) is 7.44. The van der Waals surface area contributed by atoms with Crippen molar-refractivity contribution in [2.45, 2.75) is 69.2 Å². The molecule has 65 heavy (non-hydrogen) atoms. The number of benzene rings is 5. The van der Waals surface area contributed by atoms with Crippen LogP contribution >= 0.6 is 0 Å². The molecule has 0 aromatic heterocycles. The lowest BCUT2D eigenvalue weighted by Gasteiger charge is -2.34. The highest BCUT2D eigenvalue weighted by molar-refractivity contribution is 6.02. The molecule has 14 heteroatoms. The molecule has 9 rings (SSSR count). The van der Waals surface area contributed by atoms with Gasteiger partial charge < -0.3 is 25.4 Å². The normalized spacial score (nSPS) is 18.8. The highest BCUT2D eigenvalue weighted by Gasteiger charge is 2.37. The number of hydrogen-bond donors (Lipinski definition) is 4. The van der Waals surface area contributed by atoms with Gasteiger partial charge in [-0.1, -0.05) is 42.5 Å². The van der Waals surface area contributed by atoms with Gasteiger partial charge in [0.25, 0.3) is 5.91 Å². The Morgan fingerprint density at radius 2 is 1.54 bits per heavy atom. The lowest BCUT2D eigenvalue weighted by atomic mass is 9.87. The van der Waals surface area contributed by atoms with Gasteiger partial charge in [0, 0.05) is 74.6 Å². The topological polar surface area (TPSA) is 143 Å². The highest BCUT2D eigenvalue weighted by Crippen LogP contribution is 2.41. The standard InChI is InChI=1S/C51H51F2N7O5/c1-54-49(63)35-5-3-6-36(27-35)55-51(65)48-46-43(58(2)57-48)20-17-40(47(46)53)38-16-15-37(60-24-4-7-45(60)62)28-33(38)13-10-30-8-11-31(12-9-30)32-22-25-59(26-23-32)42-19-14-34(29-41(42)52)39-18-21-44(61)56-50(39)64/h3,5-6,8-9,11-12,14-17,19-20,27-29,32,39,48,57H,4,7,10,13,18,21-26H2,1-2H3,(H,54,63)(H,55,65)(H,56,61,64). The van der Waals surface area contributed by atoms with Crippen molar-refractivity contribution in [3.05, 3.63) is 142 Å². The molecule has 334 valence electrons. The molecule has 2 unspecified atom stereocenters. The van der Waals surface area contributed by atoms with Gasteiger partial charge >= 0.3 is 0 Å². The minimum atomic E-state index is -1.05. The molecule has 12 nitrogen and oxygen atoms in total. The second-order valence-corrected chi connectivity index (χ2v) is 17.3. The number of rotatable bonds is 11. The maximum atomic E-state index is 17.1. The van der Waals surface area contributed by atoms with E-state index in [1.165, 1.54) is 18.7 Å². The zero-order valence-electron chi connectivity index (χ0n) is 36.4. The van der Waals surface area contributed by atoms with E-state index in [1.54, 1.807) is 59.4 Å². The summed E-state index contributed by atoms with van der Waals surface area (Å²) in [5.74, 6) is -2.50. The number of fused-ring (bicyclic) bond motifs is 1. The molecule has 5 aromatic carbocycles. The van der Waals surface area contributed by atoms with Crippen LogP contribution in [0.5, 0.6) is 0 Å². The molecule has 2 atom stereocenters. The van der Waals surface area contributed by atoms with E-state index in [-0.39, 0.29) is 41.4 Å². The summed E-state index contributed by atoms with van der Waals surface area (Å²) in [6, 6.07) is 28.3. The van der Waals surface area contributed by atoms with E-state index >= 15 is 8.78 Å². The number of piperidine rings is 2. The summed E-state index contributed by atoms with van der Waals surface area (Å²) in [5.41, 5.74) is 10.7. The van der Waals surface area contributed by atoms with Crippen molar-refractivity contribution in [3.8, 4) is 11.1 Å². The van der Waals surface area contributed by atoms with Crippen LogP contribution < -0.4 is 36.2 Å². The fourth-order valence-electron chi connectivity index (χ4n) is 9.81. The van der Waals surface area contributed by atoms with Crippen LogP contribution in [-0.2, 0) is 32.0 Å². The summed E-state index contributed by atoms with van der Waals surface area (Å²) in [6.45, 7) is 1.99. The number of carbonyl (C=O) groups is 5. The molecule has 5 aromatic rings. The summed E-state index contributed by atoms with van der Waals surface area (Å²) < 4.78 is 32.5. The Bertz CT molecular complexity index is 2700. The first kappa shape index (κ1) is 43.3. The van der Waals surface area contributed by atoms with Crippen LogP contribution in [0, 0.1) is 11.6 Å². The summed E-state index contributed by atoms with van der Waals surface area (Å²) in [6.07, 6.45) is 4.80. The number of nitrogens with zero attached hydrogens (tertiary/aromatic N) is 3. The first-order chi connectivity index (χ1) is 31.4. The highest BCUT2D eigenvalue weighted by atomic mass is 19.1. The molecule has 4 heterocycles. The van der Waals surface area contributed by atoms with E-state index in [0.29, 0.717) is 90.6 Å². The van der Waals surface area contributed by atoms with Crippen LogP contribution in [-0.4, -0.2) is 63.3 Å². The average Bonchev–Trinajstić information content (AvgIpc) is 3.91. The van der Waals surface area contributed by atoms with E-state index in [4.69, 9.17) is 0 Å². The van der Waals surface area contributed by atoms with E-state index in [1.807, 2.05) is 24.3 Å². The van der Waals surface area contributed by atoms with Crippen LogP contribution in [0.3, 0.4) is 0 Å². The second-order valence-electron chi connectivity index (χ2n) is 17.3. The first-order valence-corrected chi connectivity index (χ1v) is 22.3. The van der Waals surface area contributed by atoms with Crippen LogP contribution in [0.15, 0.2) is 97.1 Å². The van der Waals surface area contributed by atoms with Crippen molar-refractivity contribution in [1.82, 2.24) is 16.1 Å². The van der Waals surface area contributed by atoms with Gasteiger partial charge in [-0.25, -0.2) is 14.2 Å². The van der Waals surface area contributed by atoms with E-state index in [9.17, 15) is 24.0 Å². The number of imide groups is 1. The Morgan fingerprint density at radius 3 is 2.26 bits per heavy atom. The van der Waals surface area contributed by atoms with Crippen molar-refractivity contribution < 1.29 is 32.8 Å². The summed E-state index contributed by atoms with van der Waals surface area (Å²) in [4.78, 5) is 66.6. The number of halogens is 2. The molecule has 3 fully saturated rings. The lowest BCUT2D eigenvalue weighted by Crippen LogP contribution is -2.39. The van der Waals surface area contributed by atoms with Gasteiger partial charge in [0.1, 0.15) is 17.7 Å². The summed E-state index contributed by atoms with van der Waals surface area (Å²) >= 11 is 0. The fourth-order valence-corrected chi connectivity index (χ4v) is 9.81. The average molecular weight is 880 g/mol. The molecule has 0 spiro atoms. The monoisotopic (exact) mass is 879 g/mol. The number of hydrogen-bond acceptors (Lipinski definition) is 8. The number of anilines is 4. The van der Waals surface area contributed by atoms with Gasteiger partial charge in [-0.05, 0) is 127 Å². The third-order valence-electron chi connectivity index (χ3n) is 13.4. The first-order valence-electron chi connectivity index (χ1n) is 22.3. The minimum absolute atomic E-state index is 0.0606. The van der Waals surface area contributed by atoms with Crippen molar-refractivity contribution >= 4 is 52.3 Å². The quantitative estimate of drug-likeness (QED) is 0.100. The van der Waals surface area contributed by atoms with Crippen LogP contribution in [0.2, 0.25) is 0 Å². The zero-order chi connectivity index (χ0) is 45.4. The van der Waals surface area contributed by atoms with E-state index < -0.39 is 23.7 Å². The molecular weight excluding hydrogens is 829 g/mol. The molecule has 4 aliphatic heterocycles. The smallest absolute Gasteiger partial charge is 0.251 e. The van der Waals surface area contributed by atoms with Gasteiger partial charge in [-0.3, -0.25) is 29.3 Å². The molecule has 0 radical (unpaired) electrons. The summed E-state index contributed by atoms with van der Waals surface area (Å²) in [7, 11) is 3.26. The Balaban J connectivity index is 0.901. The fraction of sp³-hybridized carbons (Fsp3) is 0.314. The number of amides is 5. The number of nitrogens with one attached hydrogen (secondary N) is 4. The van der Waals surface area contributed by atoms with Crippen molar-refractivity contribution in [2.24, 2.45) is 0 Å². The molecule has 0 aliphatic carbocycles. The molecule has 4 aliphatic rings. The third-order valence-corrected chi connectivity index (χ3v) is 13.4. The Hall–Kier alpha value is -6.93. The number of hydrazine groups is 1. The van der Waals surface area contributed by atoms with Crippen LogP contribution in [0.4, 0.5) is 31.5 Å². The number of aryl methyl sites for hydroxylation is 2. The maximum Gasteiger partial charge on any atom is 0.251 e. The second kappa shape index (κ2) is 18.3. The van der Waals surface area contributed by atoms with E-state index in [2.05, 4.69) is 50.5 Å². The van der Waals surface area contributed by atoms with Gasteiger partial charge in [0.2, 0.25) is 23.6 Å². The van der Waals surface area contributed by atoms with Gasteiger partial charge in [0.05, 0.1) is 17.3 Å². The lowest BCUT2D eigenvalue weighted by molar-refractivity contribution is -0.134. The van der Waals surface area contributed by atoms with Gasteiger partial charge in [0.15, 0.2) is 0 Å². The SMILES string of the molecule is CNC(=O)c1cccc(NC(=O)C2NN(C)c3ccc(-c4ccc(N5CCCC5=O)cc4CCc4ccc(C5CCN(c6ccc(C7CCC(=O)NC7=O)cc6F)CC5)cc4)c(F)c32)c1. The Labute approximate surface area is 376 Å². The molecule has 0 saturated carbocycles. The molecule has 0 bridgehead atoms. The molecular formula is C51H51F2N7O5. The van der Waals surface area contributed by atoms with Crippen molar-refractivity contribution in [2.75, 3.05) is 53.9 Å². The van der Waals surface area contributed by atoms with E-state index in [0.717, 1.165) is 36.1 Å². The third kappa shape index (κ3) is 8.82. The molecule has 3 saturated heterocycles. The minimum Gasteiger partial charge on any atom is -0.369 e. The van der Waals surface area contributed by atoms with Gasteiger partial charge in [-0.2, -0.15) is 0 Å². The Morgan fingerprint density at radius 1 is 0.785 bits per heavy atom. The zero-order valence-corrected chi connectivity index (χ0v) is 36.4. The van der Waals surface area contributed by atoms with Crippen LogP contribution in [0.25, 0.3) is 11.1 Å². The van der Waals surface area contributed by atoms with Crippen LogP contribution in [0.1, 0.15) is 94.6 Å². The Kier molecular flexibility index (Phi) is 12.2. The number of carbonyl (C=O) groups excluding carboxylic acids is 5. The largest absolute Gasteiger partial charge is 0.369 e. The van der Waals surface area contributed by atoms with Crippen molar-refractivity contribution in [1.29, 1.82) is 0 Å². The molecule has 4 N–H and O–H groups in total. The van der Waals surface area contributed by atoms with Crippen molar-refractivity contribution in [3.63, 3.8) is 0 Å². The summed E-state index contributed by atoms with van der Waals surface area (Å²) in [5, 5.41) is 9.41.